The summed E-state index contributed by atoms with van der Waals surface area (Å²) >= 11 is 0. The molecule has 26 heavy (non-hydrogen) atoms. The minimum Gasteiger partial charge on any atom is -0.474 e. The van der Waals surface area contributed by atoms with Crippen molar-refractivity contribution in [2.75, 3.05) is 0 Å². The van der Waals surface area contributed by atoms with Crippen LogP contribution >= 0.6 is 0 Å². The summed E-state index contributed by atoms with van der Waals surface area (Å²) in [6, 6.07) is 11.6. The number of hydrogen-bond acceptors (Lipinski definition) is 8. The molecular weight excluding hydrogens is 344 g/mol. The first kappa shape index (κ1) is 17.0. The first-order valence-electron chi connectivity index (χ1n) is 7.44. The van der Waals surface area contributed by atoms with Gasteiger partial charge in [-0.25, -0.2) is 0 Å². The van der Waals surface area contributed by atoms with E-state index in [2.05, 4.69) is 10.2 Å². The Kier molecular flexibility index (Phi) is 4.56. The minimum absolute atomic E-state index is 0.0541. The Hall–Kier alpha value is -3.82. The van der Waals surface area contributed by atoms with E-state index in [1.807, 2.05) is 0 Å². The molecule has 1 aromatic heterocycles. The lowest BCUT2D eigenvalue weighted by Gasteiger charge is -2.10. The number of rotatable bonds is 6. The summed E-state index contributed by atoms with van der Waals surface area (Å²) in [5.41, 5.74) is 0.281. The van der Waals surface area contributed by atoms with E-state index in [0.29, 0.717) is 5.56 Å². The van der Waals surface area contributed by atoms with Crippen LogP contribution in [0.2, 0.25) is 0 Å². The molecule has 1 heterocycles. The van der Waals surface area contributed by atoms with E-state index in [4.69, 9.17) is 9.15 Å². The number of aromatic nitrogens is 2. The van der Waals surface area contributed by atoms with Crippen molar-refractivity contribution in [2.24, 2.45) is 0 Å². The molecule has 2 aromatic carbocycles. The summed E-state index contributed by atoms with van der Waals surface area (Å²) in [5, 5.41) is 29.5. The fourth-order valence-corrected chi connectivity index (χ4v) is 2.19. The topological polar surface area (TPSA) is 134 Å². The first-order valence-corrected chi connectivity index (χ1v) is 7.44. The van der Waals surface area contributed by atoms with Crippen molar-refractivity contribution >= 4 is 11.4 Å². The maximum absolute atomic E-state index is 11.0. The average Bonchev–Trinajstić information content (AvgIpc) is 3.12. The largest absolute Gasteiger partial charge is 0.474 e. The lowest BCUT2D eigenvalue weighted by atomic mass is 10.2. The van der Waals surface area contributed by atoms with Gasteiger partial charge in [0.05, 0.1) is 9.85 Å². The maximum atomic E-state index is 11.0. The van der Waals surface area contributed by atoms with E-state index in [0.717, 1.165) is 0 Å². The highest BCUT2D eigenvalue weighted by atomic mass is 16.6. The van der Waals surface area contributed by atoms with Gasteiger partial charge in [0.1, 0.15) is 0 Å². The summed E-state index contributed by atoms with van der Waals surface area (Å²) < 4.78 is 11.1. The van der Waals surface area contributed by atoms with Crippen LogP contribution in [0.4, 0.5) is 11.4 Å². The molecule has 0 N–H and O–H groups in total. The van der Waals surface area contributed by atoms with Crippen LogP contribution in [-0.4, -0.2) is 20.0 Å². The van der Waals surface area contributed by atoms with E-state index in [-0.39, 0.29) is 28.9 Å². The minimum atomic E-state index is -0.726. The van der Waals surface area contributed by atoms with Crippen LogP contribution < -0.4 is 4.74 Å². The highest BCUT2D eigenvalue weighted by Crippen LogP contribution is 2.31. The zero-order valence-electron chi connectivity index (χ0n) is 13.4. The molecule has 0 saturated heterocycles. The molecule has 0 bridgehead atoms. The van der Waals surface area contributed by atoms with Crippen molar-refractivity contribution in [3.8, 4) is 17.2 Å². The number of hydrogen-bond donors (Lipinski definition) is 0. The smallest absolute Gasteiger partial charge is 0.310 e. The summed E-state index contributed by atoms with van der Waals surface area (Å²) in [6.45, 7) is 1.61. The Labute approximate surface area is 146 Å². The highest BCUT2D eigenvalue weighted by molar-refractivity contribution is 5.55. The fraction of sp³-hybridized carbons (Fsp3) is 0.125. The molecule has 0 aliphatic carbocycles. The van der Waals surface area contributed by atoms with Crippen LogP contribution in [0.25, 0.3) is 11.5 Å². The molecule has 0 aliphatic heterocycles. The normalized spacial score (nSPS) is 11.7. The molecule has 0 spiro atoms. The second-order valence-electron chi connectivity index (χ2n) is 5.23. The third-order valence-electron chi connectivity index (χ3n) is 3.48. The quantitative estimate of drug-likeness (QED) is 0.482. The summed E-state index contributed by atoms with van der Waals surface area (Å²) in [7, 11) is 0. The molecule has 0 aliphatic rings. The van der Waals surface area contributed by atoms with Crippen LogP contribution in [0.1, 0.15) is 18.9 Å². The molecule has 0 amide bonds. The van der Waals surface area contributed by atoms with Gasteiger partial charge < -0.3 is 9.15 Å². The van der Waals surface area contributed by atoms with Gasteiger partial charge in [-0.1, -0.05) is 12.1 Å². The molecule has 10 nitrogen and oxygen atoms in total. The van der Waals surface area contributed by atoms with Gasteiger partial charge in [-0.15, -0.1) is 10.2 Å². The molecule has 1 atom stereocenters. The third kappa shape index (κ3) is 3.48. The zero-order chi connectivity index (χ0) is 18.7. The molecule has 0 saturated carbocycles. The fourth-order valence-electron chi connectivity index (χ4n) is 2.19. The molecule has 3 rings (SSSR count). The number of non-ortho nitro benzene ring substituents is 1. The number of benzene rings is 2. The number of nitro benzene ring substituents is 2. The van der Waals surface area contributed by atoms with Gasteiger partial charge in [-0.3, -0.25) is 20.2 Å². The summed E-state index contributed by atoms with van der Waals surface area (Å²) in [6.07, 6.45) is -0.726. The maximum Gasteiger partial charge on any atom is 0.310 e. The lowest BCUT2D eigenvalue weighted by molar-refractivity contribution is -0.386. The molecular formula is C16H12N4O6. The van der Waals surface area contributed by atoms with Crippen molar-refractivity contribution in [3.05, 3.63) is 74.7 Å². The van der Waals surface area contributed by atoms with E-state index in [9.17, 15) is 20.2 Å². The Bertz CT molecular complexity index is 953. The Morgan fingerprint density at radius 2 is 1.69 bits per heavy atom. The predicted octanol–water partition coefficient (Wildman–Crippen LogP) is 3.69. The molecule has 0 fully saturated rings. The van der Waals surface area contributed by atoms with Gasteiger partial charge in [0, 0.05) is 23.8 Å². The number of para-hydroxylation sites is 2. The molecule has 0 unspecified atom stereocenters. The standard InChI is InChI=1S/C16H12N4O6/c1-10(25-14-5-3-2-4-13(14)20(23)24)15-17-18-16(26-15)11-6-8-12(9-7-11)19(21)22/h2-10H,1H3/t10-/m0/s1. The van der Waals surface area contributed by atoms with Crippen molar-refractivity contribution in [2.45, 2.75) is 13.0 Å². The van der Waals surface area contributed by atoms with E-state index in [1.54, 1.807) is 13.0 Å². The monoisotopic (exact) mass is 356 g/mol. The number of nitrogens with zero attached hydrogens (tertiary/aromatic N) is 4. The summed E-state index contributed by atoms with van der Waals surface area (Å²) in [4.78, 5) is 20.7. The van der Waals surface area contributed by atoms with Crippen LogP contribution in [0, 0.1) is 20.2 Å². The van der Waals surface area contributed by atoms with E-state index >= 15 is 0 Å². The van der Waals surface area contributed by atoms with Crippen molar-refractivity contribution in [1.29, 1.82) is 0 Å². The lowest BCUT2D eigenvalue weighted by Crippen LogP contribution is -2.05. The third-order valence-corrected chi connectivity index (χ3v) is 3.48. The second-order valence-corrected chi connectivity index (χ2v) is 5.23. The molecule has 3 aromatic rings. The molecule has 0 radical (unpaired) electrons. The molecule has 132 valence electrons. The number of ether oxygens (including phenoxy) is 1. The Balaban J connectivity index is 1.79. The Morgan fingerprint density at radius 3 is 2.35 bits per heavy atom. The summed E-state index contributed by atoms with van der Waals surface area (Å²) in [5.74, 6) is 0.365. The van der Waals surface area contributed by atoms with Crippen LogP contribution in [0.15, 0.2) is 52.9 Å². The SMILES string of the molecule is C[C@H](Oc1ccccc1[N+](=O)[O-])c1nnc(-c2ccc([N+](=O)[O-])cc2)o1. The predicted molar refractivity (Wildman–Crippen MR) is 88.5 cm³/mol. The Morgan fingerprint density at radius 1 is 1.00 bits per heavy atom. The van der Waals surface area contributed by atoms with Crippen molar-refractivity contribution < 1.29 is 19.0 Å². The molecule has 10 heteroatoms. The van der Waals surface area contributed by atoms with Gasteiger partial charge in [0.25, 0.3) is 11.6 Å². The van der Waals surface area contributed by atoms with Gasteiger partial charge in [0.15, 0.2) is 11.9 Å². The van der Waals surface area contributed by atoms with Gasteiger partial charge in [-0.2, -0.15) is 0 Å². The van der Waals surface area contributed by atoms with Gasteiger partial charge >= 0.3 is 5.69 Å². The van der Waals surface area contributed by atoms with Crippen LogP contribution in [0.5, 0.6) is 5.75 Å². The highest BCUT2D eigenvalue weighted by Gasteiger charge is 2.21. The second kappa shape index (κ2) is 6.97. The van der Waals surface area contributed by atoms with Crippen LogP contribution in [-0.2, 0) is 0 Å². The van der Waals surface area contributed by atoms with Crippen LogP contribution in [0.3, 0.4) is 0 Å². The van der Waals surface area contributed by atoms with Gasteiger partial charge in [0.2, 0.25) is 5.89 Å². The van der Waals surface area contributed by atoms with Crippen molar-refractivity contribution in [1.82, 2.24) is 10.2 Å². The van der Waals surface area contributed by atoms with E-state index < -0.39 is 16.0 Å². The van der Waals surface area contributed by atoms with E-state index in [1.165, 1.54) is 42.5 Å². The average molecular weight is 356 g/mol. The van der Waals surface area contributed by atoms with Gasteiger partial charge in [-0.05, 0) is 25.1 Å². The number of nitro groups is 2. The first-order chi connectivity index (χ1) is 12.5. The zero-order valence-corrected chi connectivity index (χ0v) is 13.4. The van der Waals surface area contributed by atoms with Crippen molar-refractivity contribution in [3.63, 3.8) is 0 Å².